The standard InChI is InChI=1S/C21H22FN5O2S/c1-12(2)15-11-19(28)25-21(23-15)27-18(10-16(26-27)17-7-4-8-30-17)24-20(29)13-5-3-6-14(22)9-13/h3-10,12,15,21,23H,11H2,1-2H3,(H,24,29)(H,25,28). The number of amides is 2. The van der Waals surface area contributed by atoms with E-state index in [9.17, 15) is 14.0 Å². The molecule has 1 aliphatic heterocycles. The molecule has 30 heavy (non-hydrogen) atoms. The highest BCUT2D eigenvalue weighted by Crippen LogP contribution is 2.28. The summed E-state index contributed by atoms with van der Waals surface area (Å²) in [7, 11) is 0. The first-order valence-corrected chi connectivity index (χ1v) is 10.5. The van der Waals surface area contributed by atoms with Gasteiger partial charge in [-0.15, -0.1) is 11.3 Å². The van der Waals surface area contributed by atoms with Crippen LogP contribution < -0.4 is 16.0 Å². The van der Waals surface area contributed by atoms with Crippen LogP contribution in [0.5, 0.6) is 0 Å². The molecule has 1 aromatic carbocycles. The number of nitrogens with one attached hydrogen (secondary N) is 3. The van der Waals surface area contributed by atoms with Crippen LogP contribution >= 0.6 is 11.3 Å². The van der Waals surface area contributed by atoms with Gasteiger partial charge in [0.05, 0.1) is 4.88 Å². The minimum Gasteiger partial charge on any atom is -0.322 e. The maximum Gasteiger partial charge on any atom is 0.256 e. The zero-order valence-corrected chi connectivity index (χ0v) is 17.4. The normalized spacial score (nSPS) is 19.0. The maximum atomic E-state index is 13.5. The lowest BCUT2D eigenvalue weighted by Crippen LogP contribution is -2.55. The molecular formula is C21H22FN5O2S. The summed E-state index contributed by atoms with van der Waals surface area (Å²) in [5.74, 6) is -0.397. The minimum absolute atomic E-state index is 0.0232. The molecule has 2 atom stereocenters. The molecule has 4 rings (SSSR count). The predicted octanol–water partition coefficient (Wildman–Crippen LogP) is 3.59. The molecule has 0 aliphatic carbocycles. The van der Waals surface area contributed by atoms with Crippen molar-refractivity contribution in [3.63, 3.8) is 0 Å². The zero-order chi connectivity index (χ0) is 21.3. The van der Waals surface area contributed by atoms with Gasteiger partial charge in [0.25, 0.3) is 5.91 Å². The number of carbonyl (C=O) groups excluding carboxylic acids is 2. The Kier molecular flexibility index (Phi) is 5.65. The quantitative estimate of drug-likeness (QED) is 0.581. The average molecular weight is 428 g/mol. The number of carbonyl (C=O) groups is 2. The molecular weight excluding hydrogens is 405 g/mol. The van der Waals surface area contributed by atoms with Crippen LogP contribution in [-0.4, -0.2) is 27.6 Å². The molecule has 1 aliphatic rings. The van der Waals surface area contributed by atoms with Crippen molar-refractivity contribution < 1.29 is 14.0 Å². The van der Waals surface area contributed by atoms with Crippen LogP contribution in [0.2, 0.25) is 0 Å². The molecule has 156 valence electrons. The Bertz CT molecular complexity index is 1060. The molecule has 0 radical (unpaired) electrons. The SMILES string of the molecule is CC(C)C1CC(=O)NC(n2nc(-c3cccs3)cc2NC(=O)c2cccc(F)c2)N1. The van der Waals surface area contributed by atoms with Gasteiger partial charge in [0.15, 0.2) is 6.29 Å². The van der Waals surface area contributed by atoms with Gasteiger partial charge in [-0.3, -0.25) is 14.9 Å². The first-order valence-electron chi connectivity index (χ1n) is 9.66. The van der Waals surface area contributed by atoms with E-state index >= 15 is 0 Å². The number of rotatable bonds is 5. The second kappa shape index (κ2) is 8.37. The molecule has 2 amide bonds. The van der Waals surface area contributed by atoms with E-state index in [4.69, 9.17) is 0 Å². The van der Waals surface area contributed by atoms with Crippen molar-refractivity contribution in [2.45, 2.75) is 32.6 Å². The molecule has 0 bridgehead atoms. The monoisotopic (exact) mass is 427 g/mol. The number of halogens is 1. The summed E-state index contributed by atoms with van der Waals surface area (Å²) in [5.41, 5.74) is 0.864. The highest BCUT2D eigenvalue weighted by Gasteiger charge is 2.31. The van der Waals surface area contributed by atoms with Crippen molar-refractivity contribution in [3.05, 3.63) is 59.2 Å². The van der Waals surface area contributed by atoms with E-state index < -0.39 is 18.0 Å². The van der Waals surface area contributed by atoms with Gasteiger partial charge in [-0.25, -0.2) is 9.07 Å². The van der Waals surface area contributed by atoms with Gasteiger partial charge in [-0.05, 0) is 35.6 Å². The number of anilines is 1. The van der Waals surface area contributed by atoms with E-state index in [2.05, 4.69) is 21.0 Å². The summed E-state index contributed by atoms with van der Waals surface area (Å²) in [4.78, 5) is 25.9. The van der Waals surface area contributed by atoms with Gasteiger partial charge in [0.1, 0.15) is 17.3 Å². The summed E-state index contributed by atoms with van der Waals surface area (Å²) in [5, 5.41) is 15.6. The third kappa shape index (κ3) is 4.27. The fourth-order valence-corrected chi connectivity index (χ4v) is 4.00. The lowest BCUT2D eigenvalue weighted by atomic mass is 9.99. The van der Waals surface area contributed by atoms with E-state index in [0.29, 0.717) is 17.9 Å². The molecule has 9 heteroatoms. The van der Waals surface area contributed by atoms with Gasteiger partial charge in [0.2, 0.25) is 5.91 Å². The average Bonchev–Trinajstić information content (AvgIpc) is 3.37. The largest absolute Gasteiger partial charge is 0.322 e. The maximum absolute atomic E-state index is 13.5. The Hall–Kier alpha value is -3.04. The van der Waals surface area contributed by atoms with Crippen LogP contribution in [0.3, 0.4) is 0 Å². The van der Waals surface area contributed by atoms with Crippen LogP contribution in [-0.2, 0) is 4.79 Å². The molecule has 0 spiro atoms. The number of benzene rings is 1. The van der Waals surface area contributed by atoms with Crippen molar-refractivity contribution in [3.8, 4) is 10.6 Å². The lowest BCUT2D eigenvalue weighted by Gasteiger charge is -2.34. The van der Waals surface area contributed by atoms with Gasteiger partial charge in [-0.2, -0.15) is 5.10 Å². The van der Waals surface area contributed by atoms with Gasteiger partial charge in [0, 0.05) is 24.1 Å². The molecule has 2 unspecified atom stereocenters. The summed E-state index contributed by atoms with van der Waals surface area (Å²) in [6, 6.07) is 11.0. The topological polar surface area (TPSA) is 88.1 Å². The van der Waals surface area contributed by atoms with E-state index in [1.165, 1.54) is 35.6 Å². The number of hydrogen-bond donors (Lipinski definition) is 3. The molecule has 3 aromatic rings. The van der Waals surface area contributed by atoms with Crippen molar-refractivity contribution in [2.24, 2.45) is 5.92 Å². The van der Waals surface area contributed by atoms with Crippen molar-refractivity contribution >= 4 is 29.0 Å². The first-order chi connectivity index (χ1) is 14.4. The Morgan fingerprint density at radius 2 is 2.13 bits per heavy atom. The van der Waals surface area contributed by atoms with Gasteiger partial charge >= 0.3 is 0 Å². The van der Waals surface area contributed by atoms with Crippen LogP contribution in [0.1, 0.15) is 36.9 Å². The Morgan fingerprint density at radius 3 is 2.83 bits per heavy atom. The third-order valence-corrected chi connectivity index (χ3v) is 5.85. The second-order valence-electron chi connectivity index (χ2n) is 7.49. The fourth-order valence-electron chi connectivity index (χ4n) is 3.32. The summed E-state index contributed by atoms with van der Waals surface area (Å²) in [6.45, 7) is 4.08. The number of thiophene rings is 1. The fraction of sp³-hybridized carbons (Fsp3) is 0.286. The third-order valence-electron chi connectivity index (χ3n) is 4.96. The van der Waals surface area contributed by atoms with Crippen molar-refractivity contribution in [1.29, 1.82) is 0 Å². The smallest absolute Gasteiger partial charge is 0.256 e. The Morgan fingerprint density at radius 1 is 1.30 bits per heavy atom. The van der Waals surface area contributed by atoms with E-state index in [-0.39, 0.29) is 23.4 Å². The molecule has 3 N–H and O–H groups in total. The number of hydrogen-bond acceptors (Lipinski definition) is 5. The van der Waals surface area contributed by atoms with Crippen LogP contribution in [0.25, 0.3) is 10.6 Å². The molecule has 7 nitrogen and oxygen atoms in total. The van der Waals surface area contributed by atoms with Crippen LogP contribution in [0, 0.1) is 11.7 Å². The van der Waals surface area contributed by atoms with Crippen molar-refractivity contribution in [2.75, 3.05) is 5.32 Å². The molecule has 2 aromatic heterocycles. The zero-order valence-electron chi connectivity index (χ0n) is 16.6. The number of nitrogens with zero attached hydrogens (tertiary/aromatic N) is 2. The van der Waals surface area contributed by atoms with Crippen LogP contribution in [0.15, 0.2) is 47.8 Å². The summed E-state index contributed by atoms with van der Waals surface area (Å²) < 4.78 is 15.1. The lowest BCUT2D eigenvalue weighted by molar-refractivity contribution is -0.126. The first kappa shape index (κ1) is 20.2. The predicted molar refractivity (Wildman–Crippen MR) is 113 cm³/mol. The van der Waals surface area contributed by atoms with Gasteiger partial charge in [-0.1, -0.05) is 26.0 Å². The molecule has 3 heterocycles. The van der Waals surface area contributed by atoms with E-state index in [1.54, 1.807) is 10.7 Å². The minimum atomic E-state index is -0.616. The van der Waals surface area contributed by atoms with Crippen LogP contribution in [0.4, 0.5) is 10.2 Å². The van der Waals surface area contributed by atoms with E-state index in [0.717, 1.165) is 4.88 Å². The molecule has 1 saturated heterocycles. The highest BCUT2D eigenvalue weighted by atomic mass is 32.1. The Balaban J connectivity index is 1.68. The van der Waals surface area contributed by atoms with Crippen molar-refractivity contribution in [1.82, 2.24) is 20.4 Å². The molecule has 1 fully saturated rings. The van der Waals surface area contributed by atoms with E-state index in [1.807, 2.05) is 31.4 Å². The summed E-state index contributed by atoms with van der Waals surface area (Å²) in [6.07, 6.45) is -0.242. The summed E-state index contributed by atoms with van der Waals surface area (Å²) >= 11 is 1.52. The highest BCUT2D eigenvalue weighted by molar-refractivity contribution is 7.13. The Labute approximate surface area is 177 Å². The second-order valence-corrected chi connectivity index (χ2v) is 8.44. The molecule has 0 saturated carbocycles. The number of aromatic nitrogens is 2. The van der Waals surface area contributed by atoms with Gasteiger partial charge < -0.3 is 10.6 Å².